The van der Waals surface area contributed by atoms with Gasteiger partial charge in [-0.1, -0.05) is 19.9 Å². The second kappa shape index (κ2) is 3.96. The van der Waals surface area contributed by atoms with Crippen molar-refractivity contribution < 1.29 is 0 Å². The van der Waals surface area contributed by atoms with Crippen LogP contribution in [0.4, 0.5) is 0 Å². The lowest BCUT2D eigenvalue weighted by molar-refractivity contribution is 0.736. The molecule has 0 bridgehead atoms. The Morgan fingerprint density at radius 3 is 2.86 bits per heavy atom. The van der Waals surface area contributed by atoms with Gasteiger partial charge in [-0.15, -0.1) is 0 Å². The van der Waals surface area contributed by atoms with Gasteiger partial charge in [-0.2, -0.15) is 0 Å². The molecular weight excluding hydrogens is 174 g/mol. The van der Waals surface area contributed by atoms with Gasteiger partial charge in [-0.25, -0.2) is 4.98 Å². The fourth-order valence-corrected chi connectivity index (χ4v) is 1.64. The number of hydrogen-bond donors (Lipinski definition) is 2. The van der Waals surface area contributed by atoms with Crippen LogP contribution in [0.2, 0.25) is 0 Å². The summed E-state index contributed by atoms with van der Waals surface area (Å²) in [4.78, 5) is 7.73. The third-order valence-corrected chi connectivity index (χ3v) is 2.52. The minimum atomic E-state index is 0.473. The Bertz CT molecular complexity index is 336. The Labute approximate surface area is 84.6 Å². The van der Waals surface area contributed by atoms with Gasteiger partial charge >= 0.3 is 0 Å². The van der Waals surface area contributed by atoms with Gasteiger partial charge in [0.25, 0.3) is 0 Å². The van der Waals surface area contributed by atoms with Gasteiger partial charge in [0.2, 0.25) is 0 Å². The molecule has 1 aromatic rings. The Kier molecular flexibility index (Phi) is 2.68. The molecule has 0 saturated heterocycles. The van der Waals surface area contributed by atoms with Crippen molar-refractivity contribution in [3.05, 3.63) is 23.8 Å². The highest BCUT2D eigenvalue weighted by Crippen LogP contribution is 2.17. The topological polar surface area (TPSA) is 40.7 Å². The van der Waals surface area contributed by atoms with Crippen LogP contribution in [-0.2, 0) is 0 Å². The predicted octanol–water partition coefficient (Wildman–Crippen LogP) is 1.91. The molecule has 3 heteroatoms. The first kappa shape index (κ1) is 9.46. The van der Waals surface area contributed by atoms with E-state index in [4.69, 9.17) is 0 Å². The second-order valence-electron chi connectivity index (χ2n) is 4.03. The highest BCUT2D eigenvalue weighted by Gasteiger charge is 2.09. The molecular formula is C11H17N3. The predicted molar refractivity (Wildman–Crippen MR) is 58.1 cm³/mol. The van der Waals surface area contributed by atoms with Crippen LogP contribution in [0.1, 0.15) is 37.7 Å². The van der Waals surface area contributed by atoms with E-state index < -0.39 is 0 Å². The van der Waals surface area contributed by atoms with Crippen molar-refractivity contribution in [3.63, 3.8) is 0 Å². The fraction of sp³-hybridized carbons (Fsp3) is 0.545. The third-order valence-electron chi connectivity index (χ3n) is 2.52. The summed E-state index contributed by atoms with van der Waals surface area (Å²) in [5.74, 6) is 1.55. The van der Waals surface area contributed by atoms with Gasteiger partial charge < -0.3 is 10.3 Å². The van der Waals surface area contributed by atoms with E-state index >= 15 is 0 Å². The number of nitrogens with one attached hydrogen (secondary N) is 2. The van der Waals surface area contributed by atoms with Gasteiger partial charge in [0.15, 0.2) is 0 Å². The Hall–Kier alpha value is -1.09. The van der Waals surface area contributed by atoms with Crippen LogP contribution in [0, 0.1) is 0 Å². The number of nitrogens with zero attached hydrogens (tertiary/aromatic N) is 1. The zero-order valence-corrected chi connectivity index (χ0v) is 8.80. The molecule has 1 aliphatic rings. The first-order valence-corrected chi connectivity index (χ1v) is 5.22. The summed E-state index contributed by atoms with van der Waals surface area (Å²) in [6.07, 6.45) is 5.34. The van der Waals surface area contributed by atoms with Crippen molar-refractivity contribution in [2.75, 3.05) is 13.1 Å². The number of imidazole rings is 1. The van der Waals surface area contributed by atoms with Crippen LogP contribution in [0.3, 0.4) is 0 Å². The Morgan fingerprint density at radius 2 is 2.29 bits per heavy atom. The van der Waals surface area contributed by atoms with E-state index in [2.05, 4.69) is 35.2 Å². The molecule has 2 heterocycles. The lowest BCUT2D eigenvalue weighted by Gasteiger charge is -2.12. The standard InChI is InChI=1S/C11H17N3/c1-8(2)11-13-7-10(14-11)9-4-3-5-12-6-9/h4,7-8,12H,3,5-6H2,1-2H3,(H,13,14). The summed E-state index contributed by atoms with van der Waals surface area (Å²) in [6, 6.07) is 0. The average Bonchev–Trinajstić information content (AvgIpc) is 2.68. The van der Waals surface area contributed by atoms with Crippen molar-refractivity contribution in [2.24, 2.45) is 0 Å². The normalized spacial score (nSPS) is 17.2. The minimum absolute atomic E-state index is 0.473. The van der Waals surface area contributed by atoms with Crippen molar-refractivity contribution in [3.8, 4) is 0 Å². The second-order valence-corrected chi connectivity index (χ2v) is 4.03. The molecule has 0 unspecified atom stereocenters. The summed E-state index contributed by atoms with van der Waals surface area (Å²) in [7, 11) is 0. The zero-order chi connectivity index (χ0) is 9.97. The first-order chi connectivity index (χ1) is 6.77. The molecule has 2 N–H and O–H groups in total. The van der Waals surface area contributed by atoms with E-state index in [1.54, 1.807) is 0 Å². The fourth-order valence-electron chi connectivity index (χ4n) is 1.64. The molecule has 0 spiro atoms. The van der Waals surface area contributed by atoms with Crippen LogP contribution in [-0.4, -0.2) is 23.1 Å². The van der Waals surface area contributed by atoms with E-state index in [-0.39, 0.29) is 0 Å². The maximum Gasteiger partial charge on any atom is 0.109 e. The molecule has 0 atom stereocenters. The molecule has 0 aliphatic carbocycles. The SMILES string of the molecule is CC(C)c1ncc(C2=CCCNC2)[nH]1. The number of H-pyrrole nitrogens is 1. The zero-order valence-electron chi connectivity index (χ0n) is 8.80. The number of aromatic nitrogens is 2. The lowest BCUT2D eigenvalue weighted by Crippen LogP contribution is -2.21. The highest BCUT2D eigenvalue weighted by molar-refractivity contribution is 5.64. The minimum Gasteiger partial charge on any atom is -0.342 e. The number of aromatic amines is 1. The molecule has 0 amide bonds. The quantitative estimate of drug-likeness (QED) is 0.749. The van der Waals surface area contributed by atoms with Crippen LogP contribution in [0.5, 0.6) is 0 Å². The van der Waals surface area contributed by atoms with E-state index in [0.29, 0.717) is 5.92 Å². The maximum absolute atomic E-state index is 4.37. The summed E-state index contributed by atoms with van der Waals surface area (Å²) >= 11 is 0. The Balaban J connectivity index is 2.19. The number of hydrogen-bond acceptors (Lipinski definition) is 2. The first-order valence-electron chi connectivity index (χ1n) is 5.22. The van der Waals surface area contributed by atoms with Crippen molar-refractivity contribution >= 4 is 5.57 Å². The monoisotopic (exact) mass is 191 g/mol. The molecule has 0 saturated carbocycles. The molecule has 3 nitrogen and oxygen atoms in total. The molecule has 14 heavy (non-hydrogen) atoms. The van der Waals surface area contributed by atoms with Crippen LogP contribution in [0.15, 0.2) is 12.3 Å². The Morgan fingerprint density at radius 1 is 1.43 bits per heavy atom. The molecule has 1 aliphatic heterocycles. The van der Waals surface area contributed by atoms with Crippen molar-refractivity contribution in [1.29, 1.82) is 0 Å². The molecule has 0 fully saturated rings. The van der Waals surface area contributed by atoms with Crippen molar-refractivity contribution in [1.82, 2.24) is 15.3 Å². The molecule has 0 radical (unpaired) electrons. The van der Waals surface area contributed by atoms with E-state index in [1.165, 1.54) is 11.3 Å². The van der Waals surface area contributed by atoms with Gasteiger partial charge in [0.1, 0.15) is 5.82 Å². The van der Waals surface area contributed by atoms with Crippen LogP contribution in [0.25, 0.3) is 5.57 Å². The molecule has 2 rings (SSSR count). The summed E-state index contributed by atoms with van der Waals surface area (Å²) in [5, 5.41) is 3.36. The smallest absolute Gasteiger partial charge is 0.109 e. The summed E-state index contributed by atoms with van der Waals surface area (Å²) in [5.41, 5.74) is 2.51. The average molecular weight is 191 g/mol. The largest absolute Gasteiger partial charge is 0.342 e. The van der Waals surface area contributed by atoms with Crippen LogP contribution >= 0.6 is 0 Å². The summed E-state index contributed by atoms with van der Waals surface area (Å²) in [6.45, 7) is 6.35. The van der Waals surface area contributed by atoms with Gasteiger partial charge in [-0.3, -0.25) is 0 Å². The maximum atomic E-state index is 4.37. The third kappa shape index (κ3) is 1.87. The van der Waals surface area contributed by atoms with Crippen LogP contribution < -0.4 is 5.32 Å². The van der Waals surface area contributed by atoms with E-state index in [0.717, 1.165) is 25.3 Å². The van der Waals surface area contributed by atoms with E-state index in [9.17, 15) is 0 Å². The number of rotatable bonds is 2. The summed E-state index contributed by atoms with van der Waals surface area (Å²) < 4.78 is 0. The lowest BCUT2D eigenvalue weighted by atomic mass is 10.1. The molecule has 76 valence electrons. The van der Waals surface area contributed by atoms with Crippen molar-refractivity contribution in [2.45, 2.75) is 26.2 Å². The highest BCUT2D eigenvalue weighted by atomic mass is 14.9. The van der Waals surface area contributed by atoms with Gasteiger partial charge in [0.05, 0.1) is 11.9 Å². The van der Waals surface area contributed by atoms with Gasteiger partial charge in [-0.05, 0) is 18.5 Å². The van der Waals surface area contributed by atoms with Gasteiger partial charge in [0, 0.05) is 12.5 Å². The van der Waals surface area contributed by atoms with E-state index in [1.807, 2.05) is 6.20 Å². The molecule has 1 aromatic heterocycles. The molecule has 0 aromatic carbocycles.